The summed E-state index contributed by atoms with van der Waals surface area (Å²) < 4.78 is 5.51. The number of piperazine rings is 1. The summed E-state index contributed by atoms with van der Waals surface area (Å²) in [6.07, 6.45) is 6.42. The minimum absolute atomic E-state index is 0.0548. The van der Waals surface area contributed by atoms with E-state index in [2.05, 4.69) is 15.2 Å². The van der Waals surface area contributed by atoms with Crippen molar-refractivity contribution < 1.29 is 24.2 Å². The molecule has 2 heterocycles. The van der Waals surface area contributed by atoms with Crippen molar-refractivity contribution >= 4 is 29.5 Å². The summed E-state index contributed by atoms with van der Waals surface area (Å²) >= 11 is 0. The summed E-state index contributed by atoms with van der Waals surface area (Å²) in [7, 11) is 0. The third-order valence-electron chi connectivity index (χ3n) is 6.33. The largest absolute Gasteiger partial charge is 0.481 e. The maximum absolute atomic E-state index is 12.6. The smallest absolute Gasteiger partial charge is 0.415 e. The van der Waals surface area contributed by atoms with Crippen LogP contribution in [-0.4, -0.2) is 59.1 Å². The Labute approximate surface area is 198 Å². The van der Waals surface area contributed by atoms with Crippen molar-refractivity contribution in [3.63, 3.8) is 0 Å². The number of aliphatic carboxylic acids is 1. The Kier molecular flexibility index (Phi) is 7.61. The van der Waals surface area contributed by atoms with Gasteiger partial charge in [-0.3, -0.25) is 9.59 Å². The van der Waals surface area contributed by atoms with Crippen LogP contribution >= 0.6 is 0 Å². The van der Waals surface area contributed by atoms with E-state index in [9.17, 15) is 14.4 Å². The molecule has 0 spiro atoms. The highest BCUT2D eigenvalue weighted by Crippen LogP contribution is 2.25. The van der Waals surface area contributed by atoms with Crippen molar-refractivity contribution in [1.82, 2.24) is 9.88 Å². The molecule has 0 bridgehead atoms. The number of hydrogen-bond acceptors (Lipinski definition) is 6. The number of rotatable bonds is 6. The molecule has 2 N–H and O–H groups in total. The lowest BCUT2D eigenvalue weighted by atomic mass is 9.88. The van der Waals surface area contributed by atoms with E-state index in [0.717, 1.165) is 31.5 Å². The van der Waals surface area contributed by atoms with Gasteiger partial charge in [0.25, 0.3) is 0 Å². The summed E-state index contributed by atoms with van der Waals surface area (Å²) in [4.78, 5) is 43.8. The predicted molar refractivity (Wildman–Crippen MR) is 127 cm³/mol. The van der Waals surface area contributed by atoms with Crippen molar-refractivity contribution in [3.8, 4) is 5.75 Å². The van der Waals surface area contributed by atoms with Gasteiger partial charge >= 0.3 is 12.1 Å². The predicted octanol–water partition coefficient (Wildman–Crippen LogP) is 3.55. The fourth-order valence-electron chi connectivity index (χ4n) is 4.38. The van der Waals surface area contributed by atoms with Crippen LogP contribution in [0.15, 0.2) is 42.6 Å². The van der Waals surface area contributed by atoms with Gasteiger partial charge in [0, 0.05) is 44.0 Å². The Morgan fingerprint density at radius 3 is 2.29 bits per heavy atom. The molecule has 9 heteroatoms. The Morgan fingerprint density at radius 2 is 1.68 bits per heavy atom. The number of aromatic nitrogens is 1. The molecule has 2 aromatic rings. The number of benzene rings is 1. The van der Waals surface area contributed by atoms with Crippen LogP contribution in [0.5, 0.6) is 5.75 Å². The first-order valence-electron chi connectivity index (χ1n) is 11.8. The van der Waals surface area contributed by atoms with E-state index in [1.807, 2.05) is 0 Å². The molecule has 2 amide bonds. The molecule has 1 saturated heterocycles. The van der Waals surface area contributed by atoms with E-state index in [1.165, 1.54) is 6.42 Å². The maximum Gasteiger partial charge on any atom is 0.415 e. The zero-order valence-corrected chi connectivity index (χ0v) is 19.1. The number of pyridine rings is 1. The van der Waals surface area contributed by atoms with Gasteiger partial charge in [0.1, 0.15) is 11.6 Å². The molecule has 0 radical (unpaired) electrons. The number of hydrogen-bond donors (Lipinski definition) is 2. The standard InChI is InChI=1S/C25H30N4O5/c30-23(31)16-18-6-11-22(26-17-18)28-12-14-29(15-13-28)25(33)34-21-9-7-20(8-10-21)27-24(32)19-4-2-1-3-5-19/h6-11,17,19H,1-5,12-16H2,(H,27,32)(H,30,31). The first-order valence-corrected chi connectivity index (χ1v) is 11.8. The minimum atomic E-state index is -0.888. The number of ether oxygens (including phenoxy) is 1. The van der Waals surface area contributed by atoms with Gasteiger partial charge in [-0.1, -0.05) is 25.3 Å². The number of carboxylic acid groups (broad SMARTS) is 1. The highest BCUT2D eigenvalue weighted by molar-refractivity contribution is 5.92. The monoisotopic (exact) mass is 466 g/mol. The number of carbonyl (C=O) groups is 3. The van der Waals surface area contributed by atoms with Crippen molar-refractivity contribution in [3.05, 3.63) is 48.2 Å². The molecule has 9 nitrogen and oxygen atoms in total. The lowest BCUT2D eigenvalue weighted by Gasteiger charge is -2.34. The molecule has 180 valence electrons. The number of amides is 2. The molecule has 1 aromatic carbocycles. The first-order chi connectivity index (χ1) is 16.5. The number of anilines is 2. The van der Waals surface area contributed by atoms with E-state index in [4.69, 9.17) is 9.84 Å². The lowest BCUT2D eigenvalue weighted by Crippen LogP contribution is -2.49. The van der Waals surface area contributed by atoms with Crippen LogP contribution < -0.4 is 15.0 Å². The van der Waals surface area contributed by atoms with Gasteiger partial charge < -0.3 is 25.0 Å². The van der Waals surface area contributed by atoms with Gasteiger partial charge in [0.15, 0.2) is 0 Å². The fraction of sp³-hybridized carbons (Fsp3) is 0.440. The van der Waals surface area contributed by atoms with Gasteiger partial charge in [0.05, 0.1) is 6.42 Å². The molecular weight excluding hydrogens is 436 g/mol. The molecule has 0 atom stereocenters. The van der Waals surface area contributed by atoms with Gasteiger partial charge in [-0.25, -0.2) is 9.78 Å². The molecule has 1 aliphatic carbocycles. The van der Waals surface area contributed by atoms with E-state index in [1.54, 1.807) is 47.5 Å². The van der Waals surface area contributed by atoms with E-state index in [-0.39, 0.29) is 18.2 Å². The number of nitrogens with zero attached hydrogens (tertiary/aromatic N) is 3. The van der Waals surface area contributed by atoms with Crippen LogP contribution in [0.2, 0.25) is 0 Å². The van der Waals surface area contributed by atoms with E-state index < -0.39 is 12.1 Å². The number of carboxylic acids is 1. The quantitative estimate of drug-likeness (QED) is 0.670. The summed E-state index contributed by atoms with van der Waals surface area (Å²) in [5, 5.41) is 11.8. The summed E-state index contributed by atoms with van der Waals surface area (Å²) in [6, 6.07) is 10.4. The Bertz CT molecular complexity index is 995. The third kappa shape index (κ3) is 6.24. The van der Waals surface area contributed by atoms with Crippen LogP contribution in [-0.2, 0) is 16.0 Å². The van der Waals surface area contributed by atoms with Gasteiger partial charge in [0.2, 0.25) is 5.91 Å². The normalized spacial score (nSPS) is 16.7. The Hall–Kier alpha value is -3.62. The van der Waals surface area contributed by atoms with Crippen LogP contribution in [0.1, 0.15) is 37.7 Å². The number of nitrogens with one attached hydrogen (secondary N) is 1. The van der Waals surface area contributed by atoms with Crippen LogP contribution in [0.3, 0.4) is 0 Å². The highest BCUT2D eigenvalue weighted by Gasteiger charge is 2.24. The van der Waals surface area contributed by atoms with Gasteiger partial charge in [-0.05, 0) is 48.7 Å². The second-order valence-corrected chi connectivity index (χ2v) is 8.79. The van der Waals surface area contributed by atoms with E-state index in [0.29, 0.717) is 43.2 Å². The topological polar surface area (TPSA) is 112 Å². The van der Waals surface area contributed by atoms with Crippen molar-refractivity contribution in [2.45, 2.75) is 38.5 Å². The van der Waals surface area contributed by atoms with Gasteiger partial charge in [-0.2, -0.15) is 0 Å². The zero-order chi connectivity index (χ0) is 23.9. The molecule has 1 saturated carbocycles. The third-order valence-corrected chi connectivity index (χ3v) is 6.33. The molecule has 34 heavy (non-hydrogen) atoms. The van der Waals surface area contributed by atoms with Crippen molar-refractivity contribution in [1.29, 1.82) is 0 Å². The molecule has 2 aliphatic rings. The molecule has 1 aromatic heterocycles. The lowest BCUT2D eigenvalue weighted by molar-refractivity contribution is -0.136. The second kappa shape index (κ2) is 11.0. The first kappa shape index (κ1) is 23.5. The summed E-state index contributed by atoms with van der Waals surface area (Å²) in [6.45, 7) is 2.19. The Morgan fingerprint density at radius 1 is 0.971 bits per heavy atom. The Balaban J connectivity index is 1.23. The molecule has 0 unspecified atom stereocenters. The van der Waals surface area contributed by atoms with Crippen molar-refractivity contribution in [2.75, 3.05) is 36.4 Å². The summed E-state index contributed by atoms with van der Waals surface area (Å²) in [5.74, 6) is 0.448. The average molecular weight is 467 g/mol. The molecule has 2 fully saturated rings. The van der Waals surface area contributed by atoms with Crippen LogP contribution in [0, 0.1) is 5.92 Å². The zero-order valence-electron chi connectivity index (χ0n) is 19.1. The van der Waals surface area contributed by atoms with Crippen LogP contribution in [0.25, 0.3) is 0 Å². The maximum atomic E-state index is 12.6. The minimum Gasteiger partial charge on any atom is -0.481 e. The highest BCUT2D eigenvalue weighted by atomic mass is 16.6. The SMILES string of the molecule is O=C(O)Cc1ccc(N2CCN(C(=O)Oc3ccc(NC(=O)C4CCCCC4)cc3)CC2)nc1. The van der Waals surface area contributed by atoms with Crippen LogP contribution in [0.4, 0.5) is 16.3 Å². The number of carbonyl (C=O) groups excluding carboxylic acids is 2. The molecule has 4 rings (SSSR count). The van der Waals surface area contributed by atoms with Crippen molar-refractivity contribution in [2.24, 2.45) is 5.92 Å². The van der Waals surface area contributed by atoms with Gasteiger partial charge in [-0.15, -0.1) is 0 Å². The van der Waals surface area contributed by atoms with E-state index >= 15 is 0 Å². The second-order valence-electron chi connectivity index (χ2n) is 8.79. The average Bonchev–Trinajstić information content (AvgIpc) is 2.86. The fourth-order valence-corrected chi connectivity index (χ4v) is 4.38. The molecular formula is C25H30N4O5. The molecule has 1 aliphatic heterocycles. The summed E-state index contributed by atoms with van der Waals surface area (Å²) in [5.41, 5.74) is 1.35.